The maximum atomic E-state index is 9.87. The first-order valence-electron chi connectivity index (χ1n) is 2.33. The van der Waals surface area contributed by atoms with E-state index in [0.717, 1.165) is 0 Å². The summed E-state index contributed by atoms with van der Waals surface area (Å²) in [7, 11) is 0. The first kappa shape index (κ1) is 8.97. The minimum atomic E-state index is -1.24. The van der Waals surface area contributed by atoms with Gasteiger partial charge in [0.25, 0.3) is 0 Å². The van der Waals surface area contributed by atoms with Crippen LogP contribution in [-0.4, -0.2) is 22.2 Å². The van der Waals surface area contributed by atoms with Gasteiger partial charge in [-0.25, -0.2) is 4.79 Å². The molecule has 0 spiro atoms. The van der Waals surface area contributed by atoms with Crippen molar-refractivity contribution in [3.05, 3.63) is 11.1 Å². The standard InChI is InChI=1S/C5H5ClO4/c6-3(1-4(7)8)2-5(9)10/h1H,2H2,(H,7,8)(H,9,10). The molecule has 56 valence electrons. The molecule has 0 fully saturated rings. The van der Waals surface area contributed by atoms with E-state index in [9.17, 15) is 9.59 Å². The molecule has 0 bridgehead atoms. The molecule has 0 aromatic heterocycles. The van der Waals surface area contributed by atoms with Gasteiger partial charge >= 0.3 is 11.9 Å². The molecule has 0 atom stereocenters. The van der Waals surface area contributed by atoms with Gasteiger partial charge in [0.1, 0.15) is 0 Å². The van der Waals surface area contributed by atoms with Gasteiger partial charge in [0.05, 0.1) is 6.42 Å². The van der Waals surface area contributed by atoms with Crippen LogP contribution in [0.2, 0.25) is 0 Å². The number of rotatable bonds is 3. The van der Waals surface area contributed by atoms with Crippen molar-refractivity contribution in [1.29, 1.82) is 0 Å². The number of carboxylic acids is 2. The number of carboxylic acid groups (broad SMARTS) is 2. The Labute approximate surface area is 61.7 Å². The van der Waals surface area contributed by atoms with E-state index in [4.69, 9.17) is 21.8 Å². The van der Waals surface area contributed by atoms with Crippen LogP contribution in [0.1, 0.15) is 6.42 Å². The molecule has 0 rings (SSSR count). The Bertz CT molecular complexity index is 184. The van der Waals surface area contributed by atoms with Crippen LogP contribution in [0.3, 0.4) is 0 Å². The summed E-state index contributed by atoms with van der Waals surface area (Å²) in [6, 6.07) is 0. The molecule has 0 unspecified atom stereocenters. The fourth-order valence-electron chi connectivity index (χ4n) is 0.329. The molecule has 0 amide bonds. The number of hydrogen-bond acceptors (Lipinski definition) is 2. The van der Waals surface area contributed by atoms with E-state index >= 15 is 0 Å². The first-order valence-corrected chi connectivity index (χ1v) is 2.71. The second-order valence-electron chi connectivity index (χ2n) is 1.50. The quantitative estimate of drug-likeness (QED) is 0.602. The fraction of sp³-hybridized carbons (Fsp3) is 0.200. The van der Waals surface area contributed by atoms with Crippen LogP contribution in [0.25, 0.3) is 0 Å². The average Bonchev–Trinajstić information content (AvgIpc) is 1.58. The Morgan fingerprint density at radius 2 is 1.90 bits per heavy atom. The van der Waals surface area contributed by atoms with Gasteiger partial charge in [0, 0.05) is 11.1 Å². The highest BCUT2D eigenvalue weighted by Gasteiger charge is 2.01. The van der Waals surface area contributed by atoms with Crippen LogP contribution in [-0.2, 0) is 9.59 Å². The molecule has 0 saturated heterocycles. The normalized spacial score (nSPS) is 11.1. The smallest absolute Gasteiger partial charge is 0.329 e. The third-order valence-electron chi connectivity index (χ3n) is 0.600. The summed E-state index contributed by atoms with van der Waals surface area (Å²) in [6.45, 7) is 0. The summed E-state index contributed by atoms with van der Waals surface area (Å²) in [5.74, 6) is -2.39. The minimum Gasteiger partial charge on any atom is -0.481 e. The molecule has 0 aromatic carbocycles. The monoisotopic (exact) mass is 164 g/mol. The summed E-state index contributed by atoms with van der Waals surface area (Å²) in [5, 5.41) is 15.9. The second-order valence-corrected chi connectivity index (χ2v) is 1.99. The highest BCUT2D eigenvalue weighted by molar-refractivity contribution is 6.31. The molecule has 5 heteroatoms. The van der Waals surface area contributed by atoms with E-state index in [0.29, 0.717) is 6.08 Å². The lowest BCUT2D eigenvalue weighted by Gasteiger charge is -1.88. The zero-order valence-corrected chi connectivity index (χ0v) is 5.63. The van der Waals surface area contributed by atoms with Gasteiger partial charge < -0.3 is 10.2 Å². The number of hydrogen-bond donors (Lipinski definition) is 2. The summed E-state index contributed by atoms with van der Waals surface area (Å²) < 4.78 is 0. The third-order valence-corrected chi connectivity index (χ3v) is 0.843. The van der Waals surface area contributed by atoms with E-state index in [2.05, 4.69) is 0 Å². The Kier molecular flexibility index (Phi) is 3.49. The van der Waals surface area contributed by atoms with Crippen molar-refractivity contribution in [2.24, 2.45) is 0 Å². The summed E-state index contributed by atoms with van der Waals surface area (Å²) in [4.78, 5) is 19.7. The van der Waals surface area contributed by atoms with Crippen molar-refractivity contribution in [3.63, 3.8) is 0 Å². The van der Waals surface area contributed by atoms with Crippen LogP contribution >= 0.6 is 11.6 Å². The van der Waals surface area contributed by atoms with Crippen LogP contribution in [0.15, 0.2) is 11.1 Å². The predicted octanol–water partition coefficient (Wildman–Crippen LogP) is 0.668. The SMILES string of the molecule is O=C(O)C=C(Cl)CC(=O)O. The molecule has 0 aliphatic heterocycles. The molecule has 2 N–H and O–H groups in total. The molecular weight excluding hydrogens is 160 g/mol. The fourth-order valence-corrected chi connectivity index (χ4v) is 0.537. The molecule has 0 aromatic rings. The van der Waals surface area contributed by atoms with E-state index in [1.807, 2.05) is 0 Å². The zero-order chi connectivity index (χ0) is 8.15. The van der Waals surface area contributed by atoms with Gasteiger partial charge in [-0.05, 0) is 0 Å². The lowest BCUT2D eigenvalue weighted by Crippen LogP contribution is -1.96. The lowest BCUT2D eigenvalue weighted by molar-refractivity contribution is -0.136. The molecule has 0 aliphatic rings. The summed E-state index contributed by atoms with van der Waals surface area (Å²) in [5.41, 5.74) is 0. The molecule has 4 nitrogen and oxygen atoms in total. The molecule has 0 saturated carbocycles. The topological polar surface area (TPSA) is 74.6 Å². The Balaban J connectivity index is 3.95. The van der Waals surface area contributed by atoms with Crippen molar-refractivity contribution in [2.75, 3.05) is 0 Å². The maximum absolute atomic E-state index is 9.87. The minimum absolute atomic E-state index is 0.194. The van der Waals surface area contributed by atoms with Crippen LogP contribution < -0.4 is 0 Å². The van der Waals surface area contributed by atoms with Gasteiger partial charge in [0.2, 0.25) is 0 Å². The van der Waals surface area contributed by atoms with Gasteiger partial charge in [-0.2, -0.15) is 0 Å². The Morgan fingerprint density at radius 3 is 2.20 bits per heavy atom. The second kappa shape index (κ2) is 3.90. The lowest BCUT2D eigenvalue weighted by atomic mass is 10.4. The van der Waals surface area contributed by atoms with Gasteiger partial charge in [-0.15, -0.1) is 0 Å². The van der Waals surface area contributed by atoms with Crippen molar-refractivity contribution in [2.45, 2.75) is 6.42 Å². The summed E-state index contributed by atoms with van der Waals surface area (Å²) >= 11 is 5.17. The third kappa shape index (κ3) is 5.11. The van der Waals surface area contributed by atoms with Crippen LogP contribution in [0, 0.1) is 0 Å². The summed E-state index contributed by atoms with van der Waals surface area (Å²) in [6.07, 6.45) is 0.198. The molecule has 0 heterocycles. The molecular formula is C5H5ClO4. The Morgan fingerprint density at radius 1 is 1.40 bits per heavy atom. The van der Waals surface area contributed by atoms with E-state index < -0.39 is 18.4 Å². The molecule has 10 heavy (non-hydrogen) atoms. The zero-order valence-electron chi connectivity index (χ0n) is 4.87. The van der Waals surface area contributed by atoms with Crippen molar-refractivity contribution >= 4 is 23.5 Å². The highest BCUT2D eigenvalue weighted by Crippen LogP contribution is 2.05. The average molecular weight is 165 g/mol. The van der Waals surface area contributed by atoms with E-state index in [1.54, 1.807) is 0 Å². The van der Waals surface area contributed by atoms with Gasteiger partial charge in [0.15, 0.2) is 0 Å². The van der Waals surface area contributed by atoms with Gasteiger partial charge in [-0.1, -0.05) is 11.6 Å². The largest absolute Gasteiger partial charge is 0.481 e. The van der Waals surface area contributed by atoms with Crippen molar-refractivity contribution in [1.82, 2.24) is 0 Å². The Hall–Kier alpha value is -1.03. The van der Waals surface area contributed by atoms with Crippen LogP contribution in [0.4, 0.5) is 0 Å². The number of aliphatic carboxylic acids is 2. The maximum Gasteiger partial charge on any atom is 0.329 e. The number of carbonyl (C=O) groups is 2. The van der Waals surface area contributed by atoms with E-state index in [-0.39, 0.29) is 5.03 Å². The predicted molar refractivity (Wildman–Crippen MR) is 33.8 cm³/mol. The molecule has 0 radical (unpaired) electrons. The first-order chi connectivity index (χ1) is 4.52. The van der Waals surface area contributed by atoms with E-state index in [1.165, 1.54) is 0 Å². The highest BCUT2D eigenvalue weighted by atomic mass is 35.5. The van der Waals surface area contributed by atoms with Crippen molar-refractivity contribution in [3.8, 4) is 0 Å². The molecule has 0 aliphatic carbocycles. The number of halogens is 1. The van der Waals surface area contributed by atoms with Crippen molar-refractivity contribution < 1.29 is 19.8 Å². The van der Waals surface area contributed by atoms with Gasteiger partial charge in [-0.3, -0.25) is 4.79 Å². The van der Waals surface area contributed by atoms with Crippen LogP contribution in [0.5, 0.6) is 0 Å².